The molecular formula is C26H23N7O2. The van der Waals surface area contributed by atoms with E-state index in [9.17, 15) is 10.1 Å². The molecule has 9 heteroatoms. The fourth-order valence-electron chi connectivity index (χ4n) is 3.87. The maximum atomic E-state index is 11.1. The minimum atomic E-state index is -0.398. The summed E-state index contributed by atoms with van der Waals surface area (Å²) >= 11 is 0. The van der Waals surface area contributed by atoms with Crippen LogP contribution in [-0.4, -0.2) is 29.5 Å². The molecule has 0 saturated heterocycles. The Morgan fingerprint density at radius 3 is 2.31 bits per heavy atom. The number of non-ortho nitro benzene ring substituents is 1. The van der Waals surface area contributed by atoms with Gasteiger partial charge >= 0.3 is 0 Å². The molecule has 174 valence electrons. The third-order valence-corrected chi connectivity index (χ3v) is 5.84. The summed E-state index contributed by atoms with van der Waals surface area (Å²) in [6.07, 6.45) is 5.18. The van der Waals surface area contributed by atoms with Crippen molar-refractivity contribution in [1.82, 2.24) is 29.9 Å². The molecule has 0 aliphatic heterocycles. The second kappa shape index (κ2) is 9.70. The molecule has 2 aromatic heterocycles. The topological polar surface area (TPSA) is 104 Å². The summed E-state index contributed by atoms with van der Waals surface area (Å²) < 4.78 is 3.56. The molecular weight excluding hydrogens is 442 g/mol. The summed E-state index contributed by atoms with van der Waals surface area (Å²) in [7, 11) is 0. The lowest BCUT2D eigenvalue weighted by atomic mass is 10.1. The van der Waals surface area contributed by atoms with Gasteiger partial charge in [-0.15, -0.1) is 0 Å². The Morgan fingerprint density at radius 2 is 1.66 bits per heavy atom. The lowest BCUT2D eigenvalue weighted by Gasteiger charge is -2.15. The number of hydrogen-bond acceptors (Lipinski definition) is 6. The van der Waals surface area contributed by atoms with E-state index in [0.717, 1.165) is 33.8 Å². The van der Waals surface area contributed by atoms with E-state index in [0.29, 0.717) is 6.54 Å². The zero-order valence-corrected chi connectivity index (χ0v) is 19.0. The fourth-order valence-corrected chi connectivity index (χ4v) is 3.87. The van der Waals surface area contributed by atoms with Gasteiger partial charge in [0.05, 0.1) is 22.0 Å². The first-order chi connectivity index (χ1) is 17.1. The first kappa shape index (κ1) is 22.2. The first-order valence-corrected chi connectivity index (χ1v) is 11.2. The van der Waals surface area contributed by atoms with E-state index in [-0.39, 0.29) is 11.7 Å². The Bertz CT molecular complexity index is 1410. The highest BCUT2D eigenvalue weighted by Crippen LogP contribution is 2.26. The number of nitrogens with zero attached hydrogens (tertiary/aromatic N) is 6. The zero-order chi connectivity index (χ0) is 24.2. The number of aromatic nitrogens is 5. The maximum Gasteiger partial charge on any atom is 0.269 e. The van der Waals surface area contributed by atoms with Crippen LogP contribution in [0.5, 0.6) is 0 Å². The molecule has 5 rings (SSSR count). The molecule has 5 aromatic rings. The van der Waals surface area contributed by atoms with Crippen molar-refractivity contribution in [2.75, 3.05) is 0 Å². The lowest BCUT2D eigenvalue weighted by molar-refractivity contribution is -0.384. The zero-order valence-electron chi connectivity index (χ0n) is 19.0. The molecule has 0 spiro atoms. The molecule has 2 heterocycles. The summed E-state index contributed by atoms with van der Waals surface area (Å²) in [5.74, 6) is 0. The number of nitro groups is 1. The van der Waals surface area contributed by atoms with Crippen molar-refractivity contribution >= 4 is 5.69 Å². The first-order valence-electron chi connectivity index (χ1n) is 11.2. The van der Waals surface area contributed by atoms with Crippen LogP contribution in [0.1, 0.15) is 24.1 Å². The predicted molar refractivity (Wildman–Crippen MR) is 132 cm³/mol. The molecule has 0 saturated carbocycles. The fraction of sp³-hybridized carbons (Fsp3) is 0.115. The van der Waals surface area contributed by atoms with Crippen LogP contribution in [-0.2, 0) is 6.54 Å². The van der Waals surface area contributed by atoms with Gasteiger partial charge < -0.3 is 5.32 Å². The minimum absolute atomic E-state index is 0.0545. The van der Waals surface area contributed by atoms with Gasteiger partial charge in [0.15, 0.2) is 0 Å². The van der Waals surface area contributed by atoms with E-state index >= 15 is 0 Å². The van der Waals surface area contributed by atoms with E-state index in [1.165, 1.54) is 18.5 Å². The van der Waals surface area contributed by atoms with Crippen molar-refractivity contribution in [2.24, 2.45) is 0 Å². The Balaban J connectivity index is 1.39. The lowest BCUT2D eigenvalue weighted by Crippen LogP contribution is -2.18. The van der Waals surface area contributed by atoms with Crippen molar-refractivity contribution < 1.29 is 4.92 Å². The van der Waals surface area contributed by atoms with Crippen LogP contribution in [0.4, 0.5) is 5.69 Å². The van der Waals surface area contributed by atoms with E-state index in [4.69, 9.17) is 5.10 Å². The van der Waals surface area contributed by atoms with Gasteiger partial charge in [0, 0.05) is 42.0 Å². The van der Waals surface area contributed by atoms with E-state index < -0.39 is 4.92 Å². The van der Waals surface area contributed by atoms with Crippen molar-refractivity contribution in [3.8, 4) is 22.6 Å². The van der Waals surface area contributed by atoms with Gasteiger partial charge in [0.1, 0.15) is 12.7 Å². The van der Waals surface area contributed by atoms with Gasteiger partial charge in [-0.05, 0) is 48.9 Å². The molecule has 0 amide bonds. The molecule has 0 aliphatic rings. The van der Waals surface area contributed by atoms with E-state index in [1.807, 2.05) is 53.3 Å². The highest BCUT2D eigenvalue weighted by atomic mass is 16.6. The van der Waals surface area contributed by atoms with E-state index in [2.05, 4.69) is 34.5 Å². The molecule has 3 aromatic carbocycles. The Kier molecular flexibility index (Phi) is 6.15. The van der Waals surface area contributed by atoms with Crippen LogP contribution in [0.3, 0.4) is 0 Å². The third kappa shape index (κ3) is 4.85. The molecule has 0 bridgehead atoms. The molecule has 35 heavy (non-hydrogen) atoms. The SMILES string of the molecule is CC(NCc1cn(-c2ccccc2)nc1-c1ccc([N+](=O)[O-])cc1)c1ccc(-n2cncn2)cc1. The van der Waals surface area contributed by atoms with Crippen molar-refractivity contribution in [3.05, 3.63) is 119 Å². The van der Waals surface area contributed by atoms with Crippen LogP contribution < -0.4 is 5.32 Å². The normalized spacial score (nSPS) is 11.9. The number of benzene rings is 3. The van der Waals surface area contributed by atoms with Gasteiger partial charge in [0.2, 0.25) is 0 Å². The standard InChI is InChI=1S/C26H23N7O2/c1-19(20-7-11-24(12-8-20)32-18-27-17-29-32)28-15-22-16-31(23-5-3-2-4-6-23)30-26(22)21-9-13-25(14-10-21)33(34)35/h2-14,16-19,28H,15H2,1H3. The summed E-state index contributed by atoms with van der Waals surface area (Å²) in [4.78, 5) is 14.7. The average molecular weight is 466 g/mol. The van der Waals surface area contributed by atoms with Gasteiger partial charge in [-0.25, -0.2) is 14.3 Å². The number of nitrogens with one attached hydrogen (secondary N) is 1. The molecule has 0 radical (unpaired) electrons. The summed E-state index contributed by atoms with van der Waals surface area (Å²) in [5.41, 5.74) is 5.69. The van der Waals surface area contributed by atoms with Crippen LogP contribution in [0.15, 0.2) is 97.7 Å². The van der Waals surface area contributed by atoms with Crippen LogP contribution in [0.25, 0.3) is 22.6 Å². The van der Waals surface area contributed by atoms with Gasteiger partial charge in [-0.3, -0.25) is 10.1 Å². The summed E-state index contributed by atoms with van der Waals surface area (Å²) in [5, 5.41) is 23.6. The largest absolute Gasteiger partial charge is 0.306 e. The second-order valence-corrected chi connectivity index (χ2v) is 8.12. The number of para-hydroxylation sites is 1. The third-order valence-electron chi connectivity index (χ3n) is 5.84. The van der Waals surface area contributed by atoms with Crippen LogP contribution in [0, 0.1) is 10.1 Å². The highest BCUT2D eigenvalue weighted by Gasteiger charge is 2.15. The Morgan fingerprint density at radius 1 is 0.943 bits per heavy atom. The number of rotatable bonds is 8. The summed E-state index contributed by atoms with van der Waals surface area (Å²) in [6.45, 7) is 2.68. The Hall–Kier alpha value is -4.63. The number of nitro benzene ring substituents is 1. The Labute approximate surface area is 201 Å². The maximum absolute atomic E-state index is 11.1. The molecule has 9 nitrogen and oxygen atoms in total. The molecule has 1 unspecified atom stereocenters. The van der Waals surface area contributed by atoms with Gasteiger partial charge in [-0.2, -0.15) is 10.2 Å². The predicted octanol–water partition coefficient (Wildman–Crippen LogP) is 4.88. The van der Waals surface area contributed by atoms with Crippen LogP contribution in [0.2, 0.25) is 0 Å². The highest BCUT2D eigenvalue weighted by molar-refractivity contribution is 5.64. The number of hydrogen-bond donors (Lipinski definition) is 1. The minimum Gasteiger partial charge on any atom is -0.306 e. The average Bonchev–Trinajstić information content (AvgIpc) is 3.59. The quantitative estimate of drug-likeness (QED) is 0.259. The molecule has 1 atom stereocenters. The van der Waals surface area contributed by atoms with Gasteiger partial charge in [-0.1, -0.05) is 30.3 Å². The molecule has 0 aliphatic carbocycles. The molecule has 0 fully saturated rings. The monoisotopic (exact) mass is 465 g/mol. The van der Waals surface area contributed by atoms with Crippen molar-refractivity contribution in [2.45, 2.75) is 19.5 Å². The van der Waals surface area contributed by atoms with Crippen LogP contribution >= 0.6 is 0 Å². The summed E-state index contributed by atoms with van der Waals surface area (Å²) in [6, 6.07) is 24.6. The van der Waals surface area contributed by atoms with Gasteiger partial charge in [0.25, 0.3) is 5.69 Å². The molecule has 1 N–H and O–H groups in total. The van der Waals surface area contributed by atoms with Crippen molar-refractivity contribution in [3.63, 3.8) is 0 Å². The smallest absolute Gasteiger partial charge is 0.269 e. The van der Waals surface area contributed by atoms with Crippen molar-refractivity contribution in [1.29, 1.82) is 0 Å². The second-order valence-electron chi connectivity index (χ2n) is 8.12. The van der Waals surface area contributed by atoms with E-state index in [1.54, 1.807) is 23.1 Å².